The molecule has 0 atom stereocenters. The first-order valence-corrected chi connectivity index (χ1v) is 7.44. The molecule has 2 N–H and O–H groups in total. The van der Waals surface area contributed by atoms with Crippen molar-refractivity contribution in [1.82, 2.24) is 9.84 Å². The lowest BCUT2D eigenvalue weighted by atomic mass is 10.1. The summed E-state index contributed by atoms with van der Waals surface area (Å²) in [6.45, 7) is 0.597. The van der Waals surface area contributed by atoms with Gasteiger partial charge in [0.25, 0.3) is 10.0 Å². The van der Waals surface area contributed by atoms with Crippen molar-refractivity contribution >= 4 is 27.4 Å². The van der Waals surface area contributed by atoms with Crippen LogP contribution in [-0.2, 0) is 14.8 Å². The van der Waals surface area contributed by atoms with E-state index in [1.54, 1.807) is 0 Å². The molecule has 1 radical (unpaired) electrons. The number of halogens is 1. The first-order chi connectivity index (χ1) is 8.90. The van der Waals surface area contributed by atoms with Crippen molar-refractivity contribution in [3.63, 3.8) is 0 Å². The molecule has 6 nitrogen and oxygen atoms in total. The Morgan fingerprint density at radius 3 is 2.58 bits per heavy atom. The van der Waals surface area contributed by atoms with Crippen molar-refractivity contribution in [3.8, 4) is 5.75 Å². The zero-order valence-corrected chi connectivity index (χ0v) is 11.5. The van der Waals surface area contributed by atoms with E-state index >= 15 is 0 Å². The molecule has 0 saturated carbocycles. The molecule has 1 heterocycles. The van der Waals surface area contributed by atoms with Gasteiger partial charge < -0.3 is 5.11 Å². The molecule has 0 bridgehead atoms. The van der Waals surface area contributed by atoms with Crippen LogP contribution < -0.4 is 4.83 Å². The maximum atomic E-state index is 12.1. The minimum atomic E-state index is -3.99. The summed E-state index contributed by atoms with van der Waals surface area (Å²) in [4.78, 5) is 13.0. The van der Waals surface area contributed by atoms with Gasteiger partial charge in [0.1, 0.15) is 16.4 Å². The van der Waals surface area contributed by atoms with Gasteiger partial charge in [-0.05, 0) is 12.1 Å². The SMILES string of the molecule is O=C1CCN(NS(=O)(=O)c2c(O)[c]ccc2Cl)CC1. The van der Waals surface area contributed by atoms with Crippen LogP contribution in [0, 0.1) is 6.07 Å². The maximum Gasteiger partial charge on any atom is 0.258 e. The Labute approximate surface area is 116 Å². The first kappa shape index (κ1) is 14.3. The van der Waals surface area contributed by atoms with Gasteiger partial charge in [0.05, 0.1) is 5.02 Å². The van der Waals surface area contributed by atoms with Gasteiger partial charge in [-0.3, -0.25) is 4.79 Å². The van der Waals surface area contributed by atoms with Crippen molar-refractivity contribution in [1.29, 1.82) is 0 Å². The number of phenols is 1. The van der Waals surface area contributed by atoms with E-state index in [9.17, 15) is 18.3 Å². The van der Waals surface area contributed by atoms with Gasteiger partial charge in [-0.2, -0.15) is 0 Å². The van der Waals surface area contributed by atoms with Gasteiger partial charge in [-0.15, -0.1) is 4.83 Å². The molecule has 8 heteroatoms. The molecular weight excluding hydrogens is 292 g/mol. The number of phenolic OH excluding ortho intramolecular Hbond substituents is 1. The average molecular weight is 304 g/mol. The molecule has 1 aliphatic heterocycles. The number of carbonyl (C=O) groups is 1. The summed E-state index contributed by atoms with van der Waals surface area (Å²) in [6, 6.07) is 5.03. The van der Waals surface area contributed by atoms with Gasteiger partial charge in [-0.1, -0.05) is 11.6 Å². The highest BCUT2D eigenvalue weighted by Gasteiger charge is 2.26. The Balaban J connectivity index is 2.21. The summed E-state index contributed by atoms with van der Waals surface area (Å²) in [5.41, 5.74) is 0. The third-order valence-electron chi connectivity index (χ3n) is 2.72. The quantitative estimate of drug-likeness (QED) is 0.858. The average Bonchev–Trinajstić information content (AvgIpc) is 2.31. The van der Waals surface area contributed by atoms with E-state index in [1.807, 2.05) is 0 Å². The Morgan fingerprint density at radius 1 is 1.37 bits per heavy atom. The van der Waals surface area contributed by atoms with E-state index < -0.39 is 20.7 Å². The summed E-state index contributed by atoms with van der Waals surface area (Å²) in [5.74, 6) is -0.433. The van der Waals surface area contributed by atoms with Gasteiger partial charge >= 0.3 is 0 Å². The van der Waals surface area contributed by atoms with Crippen LogP contribution in [0.2, 0.25) is 5.02 Å². The van der Waals surface area contributed by atoms with Crippen molar-refractivity contribution in [3.05, 3.63) is 23.2 Å². The van der Waals surface area contributed by atoms with Crippen molar-refractivity contribution in [2.24, 2.45) is 0 Å². The van der Waals surface area contributed by atoms with Crippen LogP contribution in [0.5, 0.6) is 5.75 Å². The van der Waals surface area contributed by atoms with E-state index in [0.717, 1.165) is 0 Å². The van der Waals surface area contributed by atoms with Gasteiger partial charge in [-0.25, -0.2) is 13.4 Å². The third kappa shape index (κ3) is 3.24. The molecule has 1 aromatic rings. The summed E-state index contributed by atoms with van der Waals surface area (Å²) in [5, 5.41) is 10.9. The van der Waals surface area contributed by atoms with Crippen LogP contribution in [0.15, 0.2) is 17.0 Å². The summed E-state index contributed by atoms with van der Waals surface area (Å²) < 4.78 is 24.2. The van der Waals surface area contributed by atoms with E-state index in [0.29, 0.717) is 25.9 Å². The van der Waals surface area contributed by atoms with E-state index in [4.69, 9.17) is 11.6 Å². The molecule has 1 aliphatic rings. The van der Waals surface area contributed by atoms with E-state index in [1.165, 1.54) is 17.1 Å². The fourth-order valence-electron chi connectivity index (χ4n) is 1.77. The van der Waals surface area contributed by atoms with Crippen molar-refractivity contribution < 1.29 is 18.3 Å². The minimum Gasteiger partial charge on any atom is -0.506 e. The molecule has 1 fully saturated rings. The number of Topliss-reactive ketones (excluding diaryl/α,β-unsaturated/α-hetero) is 1. The van der Waals surface area contributed by atoms with Crippen molar-refractivity contribution in [2.75, 3.05) is 13.1 Å². The predicted octanol–water partition coefficient (Wildman–Crippen LogP) is 0.704. The molecule has 2 rings (SSSR count). The highest BCUT2D eigenvalue weighted by Crippen LogP contribution is 2.29. The van der Waals surface area contributed by atoms with Gasteiger partial charge in [0.15, 0.2) is 0 Å². The molecule has 1 saturated heterocycles. The number of aromatic hydroxyl groups is 1. The second kappa shape index (κ2) is 5.46. The van der Waals surface area contributed by atoms with Crippen LogP contribution in [0.4, 0.5) is 0 Å². The fraction of sp³-hybridized carbons (Fsp3) is 0.364. The van der Waals surface area contributed by atoms with Crippen LogP contribution >= 0.6 is 11.6 Å². The number of ketones is 1. The molecule has 103 valence electrons. The molecule has 0 unspecified atom stereocenters. The second-order valence-corrected chi connectivity index (χ2v) is 6.13. The second-order valence-electron chi connectivity index (χ2n) is 4.12. The molecule has 19 heavy (non-hydrogen) atoms. The first-order valence-electron chi connectivity index (χ1n) is 5.58. The number of nitrogens with one attached hydrogen (secondary N) is 1. The van der Waals surface area contributed by atoms with Gasteiger partial charge in [0.2, 0.25) is 0 Å². The smallest absolute Gasteiger partial charge is 0.258 e. The summed E-state index contributed by atoms with van der Waals surface area (Å²) in [7, 11) is -3.99. The molecule has 0 amide bonds. The number of nitrogens with zero attached hydrogens (tertiary/aromatic N) is 1. The Hall–Kier alpha value is -1.15. The number of sulfonamides is 1. The monoisotopic (exact) mass is 303 g/mol. The number of rotatable bonds is 3. The molecule has 1 aromatic carbocycles. The number of carbonyl (C=O) groups excluding carboxylic acids is 1. The van der Waals surface area contributed by atoms with Crippen LogP contribution in [0.1, 0.15) is 12.8 Å². The number of hydrazine groups is 1. The number of piperidine rings is 1. The minimum absolute atomic E-state index is 0.0863. The number of hydrogen-bond acceptors (Lipinski definition) is 5. The third-order valence-corrected chi connectivity index (χ3v) is 4.60. The van der Waals surface area contributed by atoms with E-state index in [2.05, 4.69) is 10.9 Å². The lowest BCUT2D eigenvalue weighted by Gasteiger charge is -2.26. The number of hydrogen-bond donors (Lipinski definition) is 2. The summed E-state index contributed by atoms with van der Waals surface area (Å²) >= 11 is 5.78. The zero-order chi connectivity index (χ0) is 14.0. The maximum absolute atomic E-state index is 12.1. The van der Waals surface area contributed by atoms with Crippen LogP contribution in [0.25, 0.3) is 0 Å². The zero-order valence-electron chi connectivity index (χ0n) is 9.89. The Morgan fingerprint density at radius 2 is 2.00 bits per heavy atom. The molecule has 0 spiro atoms. The summed E-state index contributed by atoms with van der Waals surface area (Å²) in [6.07, 6.45) is 0.590. The Kier molecular flexibility index (Phi) is 4.10. The predicted molar refractivity (Wildman–Crippen MR) is 68.1 cm³/mol. The molecule has 0 aromatic heterocycles. The van der Waals surface area contributed by atoms with E-state index in [-0.39, 0.29) is 10.8 Å². The topological polar surface area (TPSA) is 86.7 Å². The van der Waals surface area contributed by atoms with Crippen molar-refractivity contribution in [2.45, 2.75) is 17.7 Å². The highest BCUT2D eigenvalue weighted by atomic mass is 35.5. The largest absolute Gasteiger partial charge is 0.506 e. The fourth-order valence-corrected chi connectivity index (χ4v) is 3.48. The van der Waals surface area contributed by atoms with Crippen LogP contribution in [-0.4, -0.2) is 37.4 Å². The number of benzene rings is 1. The standard InChI is InChI=1S/C11H12ClN2O4S/c12-9-2-1-3-10(16)11(9)19(17,18)13-14-6-4-8(15)5-7-14/h1-2,13,16H,4-7H2. The van der Waals surface area contributed by atoms with Crippen LogP contribution in [0.3, 0.4) is 0 Å². The normalized spacial score (nSPS) is 17.6. The highest BCUT2D eigenvalue weighted by molar-refractivity contribution is 7.89. The molecule has 0 aliphatic carbocycles. The molecular formula is C11H12ClN2O4S. The van der Waals surface area contributed by atoms with Gasteiger partial charge in [0, 0.05) is 32.0 Å². The lowest BCUT2D eigenvalue weighted by Crippen LogP contribution is -2.46. The Bertz CT molecular complexity index is 572. The lowest BCUT2D eigenvalue weighted by molar-refractivity contribution is -0.121.